The van der Waals surface area contributed by atoms with E-state index in [0.29, 0.717) is 5.56 Å². The summed E-state index contributed by atoms with van der Waals surface area (Å²) >= 11 is 0. The molecule has 0 bridgehead atoms. The van der Waals surface area contributed by atoms with E-state index in [2.05, 4.69) is 0 Å². The molecule has 1 unspecified atom stereocenters. The first kappa shape index (κ1) is 12.7. The first-order valence-corrected chi connectivity index (χ1v) is 5.73. The Kier molecular flexibility index (Phi) is 3.18. The zero-order valence-corrected chi connectivity index (χ0v) is 10.4. The molecule has 0 aliphatic rings. The number of halogens is 2. The number of nitrogens with two attached hydrogens (primary N) is 1. The van der Waals surface area contributed by atoms with E-state index in [9.17, 15) is 8.78 Å². The molecular weight excluding hydrogens is 232 g/mol. The van der Waals surface area contributed by atoms with Crippen LogP contribution in [0, 0.1) is 18.6 Å². The van der Waals surface area contributed by atoms with Crippen molar-refractivity contribution in [2.75, 3.05) is 0 Å². The third-order valence-corrected chi connectivity index (χ3v) is 3.14. The summed E-state index contributed by atoms with van der Waals surface area (Å²) < 4.78 is 26.2. The van der Waals surface area contributed by atoms with E-state index in [0.717, 1.165) is 23.3 Å². The number of hydrogen-bond acceptors (Lipinski definition) is 1. The first-order valence-electron chi connectivity index (χ1n) is 5.73. The summed E-state index contributed by atoms with van der Waals surface area (Å²) in [7, 11) is 0. The highest BCUT2D eigenvalue weighted by atomic mass is 19.2. The molecule has 2 rings (SSSR count). The van der Waals surface area contributed by atoms with Crippen molar-refractivity contribution in [1.82, 2.24) is 0 Å². The van der Waals surface area contributed by atoms with Gasteiger partial charge in [0.2, 0.25) is 0 Å². The zero-order valence-electron chi connectivity index (χ0n) is 10.4. The second kappa shape index (κ2) is 4.50. The molecule has 0 saturated carbocycles. The van der Waals surface area contributed by atoms with Crippen molar-refractivity contribution >= 4 is 0 Å². The molecule has 2 aromatic carbocycles. The molecule has 1 nitrogen and oxygen atoms in total. The lowest BCUT2D eigenvalue weighted by Gasteiger charge is -2.26. The molecule has 0 aromatic heterocycles. The Labute approximate surface area is 105 Å². The molecule has 1 atom stereocenters. The molecular formula is C15H15F2N. The SMILES string of the molecule is Cc1cccc(C(C)(N)c2ccc(F)c(F)c2)c1. The Morgan fingerprint density at radius 1 is 0.944 bits per heavy atom. The summed E-state index contributed by atoms with van der Waals surface area (Å²) in [6.45, 7) is 3.75. The number of benzene rings is 2. The van der Waals surface area contributed by atoms with Crippen molar-refractivity contribution in [2.45, 2.75) is 19.4 Å². The van der Waals surface area contributed by atoms with E-state index in [4.69, 9.17) is 5.73 Å². The van der Waals surface area contributed by atoms with Crippen LogP contribution in [-0.4, -0.2) is 0 Å². The predicted octanol–water partition coefficient (Wildman–Crippen LogP) is 3.50. The van der Waals surface area contributed by atoms with Gasteiger partial charge in [-0.3, -0.25) is 0 Å². The fraction of sp³-hybridized carbons (Fsp3) is 0.200. The van der Waals surface area contributed by atoms with Crippen molar-refractivity contribution in [3.63, 3.8) is 0 Å². The Balaban J connectivity index is 2.50. The van der Waals surface area contributed by atoms with Crippen molar-refractivity contribution in [3.8, 4) is 0 Å². The molecule has 0 radical (unpaired) electrons. The van der Waals surface area contributed by atoms with Gasteiger partial charge in [-0.1, -0.05) is 35.9 Å². The third-order valence-electron chi connectivity index (χ3n) is 3.14. The molecule has 3 heteroatoms. The molecule has 2 N–H and O–H groups in total. The van der Waals surface area contributed by atoms with Crippen LogP contribution in [0.5, 0.6) is 0 Å². The topological polar surface area (TPSA) is 26.0 Å². The molecule has 0 saturated heterocycles. The van der Waals surface area contributed by atoms with Crippen LogP contribution in [0.2, 0.25) is 0 Å². The molecule has 94 valence electrons. The Morgan fingerprint density at radius 3 is 2.22 bits per heavy atom. The van der Waals surface area contributed by atoms with Crippen LogP contribution in [0.15, 0.2) is 42.5 Å². The lowest BCUT2D eigenvalue weighted by atomic mass is 9.85. The Bertz CT molecular complexity index is 576. The van der Waals surface area contributed by atoms with Gasteiger partial charge in [-0.05, 0) is 37.1 Å². The summed E-state index contributed by atoms with van der Waals surface area (Å²) in [5.41, 5.74) is 7.90. The van der Waals surface area contributed by atoms with Crippen molar-refractivity contribution in [1.29, 1.82) is 0 Å². The van der Waals surface area contributed by atoms with E-state index in [1.165, 1.54) is 6.07 Å². The maximum absolute atomic E-state index is 13.3. The summed E-state index contributed by atoms with van der Waals surface area (Å²) in [5, 5.41) is 0. The Hall–Kier alpha value is -1.74. The third kappa shape index (κ3) is 2.27. The molecule has 0 fully saturated rings. The van der Waals surface area contributed by atoms with Crippen LogP contribution >= 0.6 is 0 Å². The minimum absolute atomic E-state index is 0.548. The van der Waals surface area contributed by atoms with Gasteiger partial charge in [0.1, 0.15) is 0 Å². The van der Waals surface area contributed by atoms with Crippen LogP contribution in [0.4, 0.5) is 8.78 Å². The highest BCUT2D eigenvalue weighted by Crippen LogP contribution is 2.28. The summed E-state index contributed by atoms with van der Waals surface area (Å²) in [5.74, 6) is -1.74. The summed E-state index contributed by atoms with van der Waals surface area (Å²) in [6, 6.07) is 11.5. The van der Waals surface area contributed by atoms with Crippen LogP contribution in [0.3, 0.4) is 0 Å². The van der Waals surface area contributed by atoms with E-state index < -0.39 is 17.2 Å². The van der Waals surface area contributed by atoms with Gasteiger partial charge in [0.15, 0.2) is 11.6 Å². The monoisotopic (exact) mass is 247 g/mol. The molecule has 0 heterocycles. The van der Waals surface area contributed by atoms with Gasteiger partial charge < -0.3 is 5.73 Å². The minimum Gasteiger partial charge on any atom is -0.318 e. The van der Waals surface area contributed by atoms with Crippen molar-refractivity contribution in [2.24, 2.45) is 5.73 Å². The summed E-state index contributed by atoms with van der Waals surface area (Å²) in [4.78, 5) is 0. The standard InChI is InChI=1S/C15H15F2N/c1-10-4-3-5-11(8-10)15(2,18)12-6-7-13(16)14(17)9-12/h3-9H,18H2,1-2H3. The molecule has 2 aromatic rings. The van der Waals surface area contributed by atoms with Crippen LogP contribution in [0.25, 0.3) is 0 Å². The van der Waals surface area contributed by atoms with Gasteiger partial charge in [0, 0.05) is 0 Å². The lowest BCUT2D eigenvalue weighted by Crippen LogP contribution is -2.34. The lowest BCUT2D eigenvalue weighted by molar-refractivity contribution is 0.500. The van der Waals surface area contributed by atoms with E-state index in [1.807, 2.05) is 31.2 Å². The zero-order chi connectivity index (χ0) is 13.3. The van der Waals surface area contributed by atoms with Gasteiger partial charge in [-0.25, -0.2) is 8.78 Å². The van der Waals surface area contributed by atoms with Crippen LogP contribution in [-0.2, 0) is 5.54 Å². The van der Waals surface area contributed by atoms with E-state index >= 15 is 0 Å². The maximum atomic E-state index is 13.3. The number of hydrogen-bond donors (Lipinski definition) is 1. The Morgan fingerprint density at radius 2 is 1.61 bits per heavy atom. The van der Waals surface area contributed by atoms with Gasteiger partial charge in [0.05, 0.1) is 5.54 Å². The molecule has 18 heavy (non-hydrogen) atoms. The van der Waals surface area contributed by atoms with E-state index in [1.54, 1.807) is 6.92 Å². The average Bonchev–Trinajstić information content (AvgIpc) is 2.32. The minimum atomic E-state index is -0.878. The van der Waals surface area contributed by atoms with Gasteiger partial charge in [-0.2, -0.15) is 0 Å². The van der Waals surface area contributed by atoms with Gasteiger partial charge in [-0.15, -0.1) is 0 Å². The normalized spacial score (nSPS) is 14.3. The maximum Gasteiger partial charge on any atom is 0.159 e. The quantitative estimate of drug-likeness (QED) is 0.863. The molecule has 0 spiro atoms. The van der Waals surface area contributed by atoms with Crippen LogP contribution in [0.1, 0.15) is 23.6 Å². The average molecular weight is 247 g/mol. The molecule has 0 amide bonds. The smallest absolute Gasteiger partial charge is 0.159 e. The van der Waals surface area contributed by atoms with E-state index in [-0.39, 0.29) is 0 Å². The van der Waals surface area contributed by atoms with Crippen molar-refractivity contribution < 1.29 is 8.78 Å². The highest BCUT2D eigenvalue weighted by Gasteiger charge is 2.24. The van der Waals surface area contributed by atoms with Gasteiger partial charge >= 0.3 is 0 Å². The fourth-order valence-corrected chi connectivity index (χ4v) is 1.95. The highest BCUT2D eigenvalue weighted by molar-refractivity contribution is 5.38. The summed E-state index contributed by atoms with van der Waals surface area (Å²) in [6.07, 6.45) is 0. The van der Waals surface area contributed by atoms with Crippen LogP contribution < -0.4 is 5.73 Å². The number of rotatable bonds is 2. The largest absolute Gasteiger partial charge is 0.318 e. The van der Waals surface area contributed by atoms with Gasteiger partial charge in [0.25, 0.3) is 0 Å². The van der Waals surface area contributed by atoms with Crippen molar-refractivity contribution in [3.05, 3.63) is 70.8 Å². The number of aryl methyl sites for hydroxylation is 1. The predicted molar refractivity (Wildman–Crippen MR) is 68.2 cm³/mol. The molecule has 0 aliphatic carbocycles. The fourth-order valence-electron chi connectivity index (χ4n) is 1.95. The first-order chi connectivity index (χ1) is 8.41. The second-order valence-electron chi connectivity index (χ2n) is 4.70. The molecule has 0 aliphatic heterocycles. The second-order valence-corrected chi connectivity index (χ2v) is 4.70.